The molecule has 3 aliphatic heterocycles. The van der Waals surface area contributed by atoms with E-state index in [2.05, 4.69) is 15.4 Å². The number of rotatable bonds is 0. The van der Waals surface area contributed by atoms with Gasteiger partial charge in [0.25, 0.3) is 0 Å². The second kappa shape index (κ2) is 9.89. The predicted molar refractivity (Wildman–Crippen MR) is 83.5 cm³/mol. The number of piperidine rings is 1. The third kappa shape index (κ3) is 6.22. The Morgan fingerprint density at radius 1 is 0.773 bits per heavy atom. The van der Waals surface area contributed by atoms with Crippen molar-refractivity contribution in [1.29, 1.82) is 0 Å². The molecule has 1 aromatic rings. The third-order valence-electron chi connectivity index (χ3n) is 3.26. The van der Waals surface area contributed by atoms with Gasteiger partial charge in [-0.2, -0.15) is 0 Å². The van der Waals surface area contributed by atoms with E-state index in [1.807, 2.05) is 24.3 Å². The SMILES string of the molecule is C1CCNCC1.O=C1NCCO1.c1ccc2c(c1)OCCO2. The van der Waals surface area contributed by atoms with Crippen LogP contribution in [0.2, 0.25) is 0 Å². The first-order valence-electron chi connectivity index (χ1n) is 7.82. The van der Waals surface area contributed by atoms with Crippen molar-refractivity contribution in [2.75, 3.05) is 39.5 Å². The highest BCUT2D eigenvalue weighted by Gasteiger charge is 2.08. The molecule has 0 atom stereocenters. The normalized spacial score (nSPS) is 18.6. The van der Waals surface area contributed by atoms with Gasteiger partial charge in [-0.15, -0.1) is 0 Å². The first-order valence-corrected chi connectivity index (χ1v) is 7.82. The number of alkyl carbamates (subject to hydrolysis) is 1. The monoisotopic (exact) mass is 308 g/mol. The van der Waals surface area contributed by atoms with Crippen LogP contribution in [-0.4, -0.2) is 45.5 Å². The number of para-hydroxylation sites is 2. The number of benzene rings is 1. The molecule has 0 bridgehead atoms. The second-order valence-corrected chi connectivity index (χ2v) is 5.02. The van der Waals surface area contributed by atoms with E-state index in [0.717, 1.165) is 11.5 Å². The van der Waals surface area contributed by atoms with Crippen LogP contribution < -0.4 is 20.1 Å². The number of carbonyl (C=O) groups excluding carboxylic acids is 1. The van der Waals surface area contributed by atoms with Crippen molar-refractivity contribution in [3.05, 3.63) is 24.3 Å². The van der Waals surface area contributed by atoms with Crippen LogP contribution in [-0.2, 0) is 4.74 Å². The Bertz CT molecular complexity index is 405. The van der Waals surface area contributed by atoms with Crippen molar-refractivity contribution in [2.45, 2.75) is 19.3 Å². The van der Waals surface area contributed by atoms with E-state index in [9.17, 15) is 4.79 Å². The van der Waals surface area contributed by atoms with Gasteiger partial charge in [-0.1, -0.05) is 18.6 Å². The average Bonchev–Trinajstić information content (AvgIpc) is 3.09. The fraction of sp³-hybridized carbons (Fsp3) is 0.562. The molecule has 2 N–H and O–H groups in total. The van der Waals surface area contributed by atoms with Crippen LogP contribution in [0.15, 0.2) is 24.3 Å². The molecule has 3 aliphatic rings. The minimum atomic E-state index is -0.296. The summed E-state index contributed by atoms with van der Waals surface area (Å²) in [5.74, 6) is 1.71. The molecule has 0 aromatic heterocycles. The molecule has 0 aliphatic carbocycles. The molecular weight excluding hydrogens is 284 g/mol. The van der Waals surface area contributed by atoms with Gasteiger partial charge in [0.1, 0.15) is 19.8 Å². The van der Waals surface area contributed by atoms with Gasteiger partial charge >= 0.3 is 6.09 Å². The summed E-state index contributed by atoms with van der Waals surface area (Å²) in [5, 5.41) is 5.74. The maximum absolute atomic E-state index is 9.91. The van der Waals surface area contributed by atoms with Gasteiger partial charge in [0, 0.05) is 0 Å². The van der Waals surface area contributed by atoms with Crippen molar-refractivity contribution in [2.24, 2.45) is 0 Å². The highest BCUT2D eigenvalue weighted by Crippen LogP contribution is 2.28. The van der Waals surface area contributed by atoms with E-state index in [1.165, 1.54) is 32.4 Å². The Morgan fingerprint density at radius 2 is 1.41 bits per heavy atom. The first kappa shape index (κ1) is 16.4. The van der Waals surface area contributed by atoms with Crippen molar-refractivity contribution >= 4 is 6.09 Å². The van der Waals surface area contributed by atoms with Crippen LogP contribution >= 0.6 is 0 Å². The van der Waals surface area contributed by atoms with E-state index in [-0.39, 0.29) is 6.09 Å². The van der Waals surface area contributed by atoms with Crippen molar-refractivity contribution in [3.8, 4) is 11.5 Å². The van der Waals surface area contributed by atoms with Crippen LogP contribution in [0.4, 0.5) is 4.79 Å². The molecular formula is C16H24N2O4. The summed E-state index contributed by atoms with van der Waals surface area (Å²) >= 11 is 0. The highest BCUT2D eigenvalue weighted by molar-refractivity contribution is 5.68. The Morgan fingerprint density at radius 3 is 1.73 bits per heavy atom. The largest absolute Gasteiger partial charge is 0.486 e. The van der Waals surface area contributed by atoms with E-state index < -0.39 is 0 Å². The van der Waals surface area contributed by atoms with Gasteiger partial charge in [0.05, 0.1) is 6.54 Å². The molecule has 0 radical (unpaired) electrons. The fourth-order valence-corrected chi connectivity index (χ4v) is 2.14. The van der Waals surface area contributed by atoms with E-state index in [4.69, 9.17) is 9.47 Å². The highest BCUT2D eigenvalue weighted by atomic mass is 16.6. The average molecular weight is 308 g/mol. The molecule has 22 heavy (non-hydrogen) atoms. The summed E-state index contributed by atoms with van der Waals surface area (Å²) in [4.78, 5) is 9.91. The number of cyclic esters (lactones) is 1. The summed E-state index contributed by atoms with van der Waals surface area (Å²) in [5.41, 5.74) is 0. The van der Waals surface area contributed by atoms with Gasteiger partial charge in [0.2, 0.25) is 0 Å². The zero-order valence-electron chi connectivity index (χ0n) is 12.8. The molecule has 6 nitrogen and oxygen atoms in total. The standard InChI is InChI=1S/C8H8O2.C5H11N.C3H5NO2/c1-2-4-8-7(3-1)9-5-6-10-8;1-2-4-6-5-3-1;5-3-4-1-2-6-3/h1-4H,5-6H2;6H,1-5H2;1-2H2,(H,4,5). The van der Waals surface area contributed by atoms with Gasteiger partial charge in [-0.25, -0.2) is 4.79 Å². The number of ether oxygens (including phenoxy) is 3. The zero-order chi connectivity index (χ0) is 15.5. The number of hydrogen-bond acceptors (Lipinski definition) is 5. The van der Waals surface area contributed by atoms with Gasteiger partial charge < -0.3 is 24.8 Å². The van der Waals surface area contributed by atoms with Crippen molar-refractivity contribution in [1.82, 2.24) is 10.6 Å². The molecule has 0 spiro atoms. The minimum absolute atomic E-state index is 0.296. The van der Waals surface area contributed by atoms with Gasteiger partial charge in [0.15, 0.2) is 11.5 Å². The lowest BCUT2D eigenvalue weighted by atomic mass is 10.2. The topological polar surface area (TPSA) is 68.8 Å². The first-order chi connectivity index (χ1) is 10.9. The number of nitrogens with one attached hydrogen (secondary N) is 2. The number of carbonyl (C=O) groups is 1. The smallest absolute Gasteiger partial charge is 0.407 e. The lowest BCUT2D eigenvalue weighted by Crippen LogP contribution is -2.21. The van der Waals surface area contributed by atoms with Crippen molar-refractivity contribution in [3.63, 3.8) is 0 Å². The minimum Gasteiger partial charge on any atom is -0.486 e. The summed E-state index contributed by atoms with van der Waals surface area (Å²) in [6, 6.07) is 7.70. The molecule has 1 amide bonds. The lowest BCUT2D eigenvalue weighted by Gasteiger charge is -2.17. The van der Waals surface area contributed by atoms with Crippen LogP contribution in [0.3, 0.4) is 0 Å². The molecule has 3 heterocycles. The molecule has 2 saturated heterocycles. The van der Waals surface area contributed by atoms with Crippen LogP contribution in [0.5, 0.6) is 11.5 Å². The Kier molecular flexibility index (Phi) is 7.38. The molecule has 1 aromatic carbocycles. The number of fused-ring (bicyclic) bond motifs is 1. The maximum Gasteiger partial charge on any atom is 0.407 e. The maximum atomic E-state index is 9.91. The van der Waals surface area contributed by atoms with E-state index >= 15 is 0 Å². The molecule has 6 heteroatoms. The summed E-state index contributed by atoms with van der Waals surface area (Å²) < 4.78 is 15.0. The predicted octanol–water partition coefficient (Wildman–Crippen LogP) is 1.94. The van der Waals surface area contributed by atoms with Crippen LogP contribution in [0, 0.1) is 0 Å². The summed E-state index contributed by atoms with van der Waals surface area (Å²) in [6.45, 7) is 5.02. The number of amides is 1. The van der Waals surface area contributed by atoms with Crippen LogP contribution in [0.1, 0.15) is 19.3 Å². The van der Waals surface area contributed by atoms with E-state index in [1.54, 1.807) is 0 Å². The van der Waals surface area contributed by atoms with Crippen molar-refractivity contribution < 1.29 is 19.0 Å². The van der Waals surface area contributed by atoms with E-state index in [0.29, 0.717) is 26.4 Å². The zero-order valence-corrected chi connectivity index (χ0v) is 12.8. The summed E-state index contributed by atoms with van der Waals surface area (Å²) in [7, 11) is 0. The Labute approximate surface area is 131 Å². The van der Waals surface area contributed by atoms with Crippen LogP contribution in [0.25, 0.3) is 0 Å². The quantitative estimate of drug-likeness (QED) is 0.766. The molecule has 122 valence electrons. The van der Waals surface area contributed by atoms with Gasteiger partial charge in [-0.05, 0) is 38.1 Å². The second-order valence-electron chi connectivity index (χ2n) is 5.02. The Balaban J connectivity index is 0.000000128. The molecule has 0 unspecified atom stereocenters. The molecule has 0 saturated carbocycles. The lowest BCUT2D eigenvalue weighted by molar-refractivity contribution is 0.171. The fourth-order valence-electron chi connectivity index (χ4n) is 2.14. The third-order valence-corrected chi connectivity index (χ3v) is 3.26. The Hall–Kier alpha value is -1.95. The summed E-state index contributed by atoms with van der Waals surface area (Å²) in [6.07, 6.45) is 3.92. The van der Waals surface area contributed by atoms with Gasteiger partial charge in [-0.3, -0.25) is 0 Å². The molecule has 2 fully saturated rings. The number of hydrogen-bond donors (Lipinski definition) is 2. The molecule has 4 rings (SSSR count).